The van der Waals surface area contributed by atoms with E-state index in [1.165, 1.54) is 0 Å². The molecule has 1 aliphatic carbocycles. The van der Waals surface area contributed by atoms with E-state index in [1.807, 2.05) is 0 Å². The minimum Gasteiger partial charge on any atom is -0.375 e. The summed E-state index contributed by atoms with van der Waals surface area (Å²) in [7, 11) is 0. The van der Waals surface area contributed by atoms with Crippen LogP contribution in [0.15, 0.2) is 12.1 Å². The molecule has 1 aliphatic heterocycles. The largest absolute Gasteiger partial charge is 0.375 e. The van der Waals surface area contributed by atoms with Crippen molar-refractivity contribution in [3.05, 3.63) is 35.1 Å². The van der Waals surface area contributed by atoms with Gasteiger partial charge in [-0.25, -0.2) is 13.2 Å². The lowest BCUT2D eigenvalue weighted by atomic mass is 9.80. The first-order valence-corrected chi connectivity index (χ1v) is 7.33. The molecule has 5 heteroatoms. The van der Waals surface area contributed by atoms with Gasteiger partial charge in [-0.1, -0.05) is 12.8 Å². The number of halogens is 3. The summed E-state index contributed by atoms with van der Waals surface area (Å²) in [5.41, 5.74) is -0.332. The van der Waals surface area contributed by atoms with E-state index in [4.69, 9.17) is 4.74 Å². The third-order valence-corrected chi connectivity index (χ3v) is 4.65. The van der Waals surface area contributed by atoms with Gasteiger partial charge >= 0.3 is 0 Å². The van der Waals surface area contributed by atoms with E-state index >= 15 is 0 Å². The molecule has 0 bridgehead atoms. The molecule has 1 aromatic carbocycles. The number of rotatable bonds is 2. The van der Waals surface area contributed by atoms with Crippen molar-refractivity contribution < 1.29 is 22.7 Å². The monoisotopic (exact) mass is 298 g/mol. The standard InChI is InChI=1S/C16H17F3O2/c17-12-7-11(8-13(18)14(12)19)15(20)10-3-6-21-16(9-10)4-1-2-5-16/h7-8,10H,1-6,9H2. The number of Topliss-reactive ketones (excluding diaryl/α,β-unsaturated/α-hetero) is 1. The smallest absolute Gasteiger partial charge is 0.194 e. The van der Waals surface area contributed by atoms with Crippen LogP contribution in [0.3, 0.4) is 0 Å². The van der Waals surface area contributed by atoms with Crippen LogP contribution < -0.4 is 0 Å². The Morgan fingerprint density at radius 1 is 1.14 bits per heavy atom. The number of hydrogen-bond acceptors (Lipinski definition) is 2. The van der Waals surface area contributed by atoms with Gasteiger partial charge in [-0.15, -0.1) is 0 Å². The van der Waals surface area contributed by atoms with Crippen molar-refractivity contribution in [3.63, 3.8) is 0 Å². The predicted molar refractivity (Wildman–Crippen MR) is 70.5 cm³/mol. The third kappa shape index (κ3) is 2.71. The van der Waals surface area contributed by atoms with Crippen molar-refractivity contribution >= 4 is 5.78 Å². The van der Waals surface area contributed by atoms with Crippen molar-refractivity contribution in [2.75, 3.05) is 6.61 Å². The zero-order chi connectivity index (χ0) is 15.0. The molecular formula is C16H17F3O2. The zero-order valence-electron chi connectivity index (χ0n) is 11.6. The molecule has 1 aromatic rings. The van der Waals surface area contributed by atoms with Gasteiger partial charge in [0.2, 0.25) is 0 Å². The molecule has 2 nitrogen and oxygen atoms in total. The van der Waals surface area contributed by atoms with Crippen LogP contribution >= 0.6 is 0 Å². The molecule has 1 unspecified atom stereocenters. The molecule has 1 saturated heterocycles. The first-order valence-electron chi connectivity index (χ1n) is 7.33. The molecule has 2 aliphatic rings. The van der Waals surface area contributed by atoms with Crippen LogP contribution in [-0.2, 0) is 4.74 Å². The highest BCUT2D eigenvalue weighted by Gasteiger charge is 2.42. The highest BCUT2D eigenvalue weighted by molar-refractivity contribution is 5.98. The van der Waals surface area contributed by atoms with E-state index in [1.54, 1.807) is 0 Å². The lowest BCUT2D eigenvalue weighted by Gasteiger charge is -2.37. The van der Waals surface area contributed by atoms with E-state index in [0.717, 1.165) is 37.8 Å². The zero-order valence-corrected chi connectivity index (χ0v) is 11.6. The van der Waals surface area contributed by atoms with Gasteiger partial charge in [0, 0.05) is 18.1 Å². The van der Waals surface area contributed by atoms with Crippen molar-refractivity contribution in [2.45, 2.75) is 44.1 Å². The predicted octanol–water partition coefficient (Wildman–Crippen LogP) is 4.03. The molecule has 0 radical (unpaired) electrons. The molecule has 1 spiro atoms. The van der Waals surface area contributed by atoms with Crippen molar-refractivity contribution in [2.24, 2.45) is 5.92 Å². The molecule has 1 atom stereocenters. The Labute approximate surface area is 121 Å². The average Bonchev–Trinajstić information content (AvgIpc) is 2.91. The second-order valence-electron chi connectivity index (χ2n) is 6.05. The number of carbonyl (C=O) groups excluding carboxylic acids is 1. The summed E-state index contributed by atoms with van der Waals surface area (Å²) < 4.78 is 45.4. The highest BCUT2D eigenvalue weighted by Crippen LogP contribution is 2.42. The van der Waals surface area contributed by atoms with Gasteiger partial charge in [-0.05, 0) is 37.8 Å². The maximum atomic E-state index is 13.3. The van der Waals surface area contributed by atoms with Crippen LogP contribution in [0.2, 0.25) is 0 Å². The Bertz CT molecular complexity index is 542. The van der Waals surface area contributed by atoms with E-state index < -0.39 is 17.5 Å². The Balaban J connectivity index is 1.81. The highest BCUT2D eigenvalue weighted by atomic mass is 19.2. The van der Waals surface area contributed by atoms with E-state index in [0.29, 0.717) is 19.4 Å². The molecule has 3 rings (SSSR count). The van der Waals surface area contributed by atoms with Crippen LogP contribution in [0, 0.1) is 23.4 Å². The summed E-state index contributed by atoms with van der Waals surface area (Å²) in [6.07, 6.45) is 5.17. The van der Waals surface area contributed by atoms with Crippen LogP contribution in [-0.4, -0.2) is 18.0 Å². The number of benzene rings is 1. The minimum absolute atomic E-state index is 0.0913. The molecule has 21 heavy (non-hydrogen) atoms. The van der Waals surface area contributed by atoms with Crippen molar-refractivity contribution in [1.29, 1.82) is 0 Å². The Kier molecular flexibility index (Phi) is 3.78. The van der Waals surface area contributed by atoms with Crippen LogP contribution in [0.25, 0.3) is 0 Å². The second kappa shape index (κ2) is 5.44. The summed E-state index contributed by atoms with van der Waals surface area (Å²) in [4.78, 5) is 12.4. The quantitative estimate of drug-likeness (QED) is 0.609. The lowest BCUT2D eigenvalue weighted by Crippen LogP contribution is -2.39. The molecule has 1 saturated carbocycles. The Hall–Kier alpha value is -1.36. The fourth-order valence-electron chi connectivity index (χ4n) is 3.55. The molecule has 0 amide bonds. The van der Waals surface area contributed by atoms with Crippen molar-refractivity contribution in [3.8, 4) is 0 Å². The summed E-state index contributed by atoms with van der Waals surface area (Å²) in [6.45, 7) is 0.489. The second-order valence-corrected chi connectivity index (χ2v) is 6.05. The summed E-state index contributed by atoms with van der Waals surface area (Å²) >= 11 is 0. The minimum atomic E-state index is -1.54. The van der Waals surface area contributed by atoms with Gasteiger partial charge in [-0.2, -0.15) is 0 Å². The van der Waals surface area contributed by atoms with E-state index in [2.05, 4.69) is 0 Å². The fraction of sp³-hybridized carbons (Fsp3) is 0.562. The normalized spacial score (nSPS) is 24.4. The maximum absolute atomic E-state index is 13.3. The summed E-state index contributed by atoms with van der Waals surface area (Å²) in [6, 6.07) is 1.58. The summed E-state index contributed by atoms with van der Waals surface area (Å²) in [5, 5.41) is 0. The van der Waals surface area contributed by atoms with Gasteiger partial charge in [-0.3, -0.25) is 4.79 Å². The van der Waals surface area contributed by atoms with Gasteiger partial charge in [0.1, 0.15) is 0 Å². The molecule has 1 heterocycles. The van der Waals surface area contributed by atoms with Gasteiger partial charge in [0.05, 0.1) is 5.60 Å². The Morgan fingerprint density at radius 3 is 2.38 bits per heavy atom. The SMILES string of the molecule is O=C(c1cc(F)c(F)c(F)c1)C1CCOC2(CCCC2)C1. The topological polar surface area (TPSA) is 26.3 Å². The van der Waals surface area contributed by atoms with Crippen LogP contribution in [0.1, 0.15) is 48.9 Å². The van der Waals surface area contributed by atoms with Gasteiger partial charge < -0.3 is 4.74 Å². The van der Waals surface area contributed by atoms with Gasteiger partial charge in [0.15, 0.2) is 23.2 Å². The third-order valence-electron chi connectivity index (χ3n) is 4.65. The molecule has 114 valence electrons. The fourth-order valence-corrected chi connectivity index (χ4v) is 3.55. The van der Waals surface area contributed by atoms with Gasteiger partial charge in [0.25, 0.3) is 0 Å². The van der Waals surface area contributed by atoms with Crippen LogP contribution in [0.4, 0.5) is 13.2 Å². The number of hydrogen-bond donors (Lipinski definition) is 0. The van der Waals surface area contributed by atoms with E-state index in [9.17, 15) is 18.0 Å². The molecular weight excluding hydrogens is 281 g/mol. The first-order chi connectivity index (χ1) is 10.0. The average molecular weight is 298 g/mol. The number of ether oxygens (including phenoxy) is 1. The summed E-state index contributed by atoms with van der Waals surface area (Å²) in [5.74, 6) is -4.80. The van der Waals surface area contributed by atoms with Crippen molar-refractivity contribution in [1.82, 2.24) is 0 Å². The van der Waals surface area contributed by atoms with Crippen LogP contribution in [0.5, 0.6) is 0 Å². The van der Waals surface area contributed by atoms with E-state index in [-0.39, 0.29) is 22.9 Å². The molecule has 2 fully saturated rings. The number of carbonyl (C=O) groups is 1. The molecule has 0 aromatic heterocycles. The number of ketones is 1. The maximum Gasteiger partial charge on any atom is 0.194 e. The lowest BCUT2D eigenvalue weighted by molar-refractivity contribution is -0.0866. The Morgan fingerprint density at radius 2 is 1.76 bits per heavy atom. The molecule has 0 N–H and O–H groups in total. The first kappa shape index (κ1) is 14.6.